The monoisotopic (exact) mass is 220 g/mol. The van der Waals surface area contributed by atoms with Crippen LogP contribution in [0.15, 0.2) is 24.5 Å². The number of aromatic nitrogens is 1. The molecule has 0 aromatic carbocycles. The third-order valence-electron chi connectivity index (χ3n) is 2.66. The van der Waals surface area contributed by atoms with Crippen molar-refractivity contribution in [3.05, 3.63) is 30.1 Å². The minimum Gasteiger partial charge on any atom is -0.376 e. The molecule has 4 nitrogen and oxygen atoms in total. The zero-order valence-corrected chi connectivity index (χ0v) is 9.19. The van der Waals surface area contributed by atoms with Crippen molar-refractivity contribution < 1.29 is 9.53 Å². The molecule has 4 heteroatoms. The lowest BCUT2D eigenvalue weighted by Gasteiger charge is -2.10. The molecule has 1 atom stereocenters. The molecule has 0 aliphatic carbocycles. The number of rotatable bonds is 4. The molecular formula is C12H16N2O2. The number of hydrogen-bond acceptors (Lipinski definition) is 3. The van der Waals surface area contributed by atoms with Crippen molar-refractivity contribution in [2.75, 3.05) is 13.2 Å². The van der Waals surface area contributed by atoms with Crippen LogP contribution in [0.2, 0.25) is 0 Å². The fourth-order valence-electron chi connectivity index (χ4n) is 1.78. The van der Waals surface area contributed by atoms with E-state index in [2.05, 4.69) is 10.3 Å². The SMILES string of the molecule is O=C(Cc1ccncc1)NCC1CCCO1. The second kappa shape index (κ2) is 5.61. The number of hydrogen-bond donors (Lipinski definition) is 1. The molecule has 2 heterocycles. The van der Waals surface area contributed by atoms with Crippen molar-refractivity contribution in [1.82, 2.24) is 10.3 Å². The summed E-state index contributed by atoms with van der Waals surface area (Å²) >= 11 is 0. The molecule has 0 spiro atoms. The normalized spacial score (nSPS) is 19.6. The van der Waals surface area contributed by atoms with E-state index in [9.17, 15) is 4.79 Å². The third kappa shape index (κ3) is 3.31. The molecule has 1 saturated heterocycles. The van der Waals surface area contributed by atoms with Crippen LogP contribution in [0.1, 0.15) is 18.4 Å². The van der Waals surface area contributed by atoms with Crippen LogP contribution in [0.4, 0.5) is 0 Å². The van der Waals surface area contributed by atoms with E-state index in [0.29, 0.717) is 13.0 Å². The number of carbonyl (C=O) groups is 1. The summed E-state index contributed by atoms with van der Waals surface area (Å²) in [6, 6.07) is 3.71. The molecule has 1 fully saturated rings. The smallest absolute Gasteiger partial charge is 0.224 e. The molecule has 2 rings (SSSR count). The van der Waals surface area contributed by atoms with E-state index in [0.717, 1.165) is 25.0 Å². The van der Waals surface area contributed by atoms with E-state index in [-0.39, 0.29) is 12.0 Å². The van der Waals surface area contributed by atoms with Crippen molar-refractivity contribution >= 4 is 5.91 Å². The summed E-state index contributed by atoms with van der Waals surface area (Å²) in [6.07, 6.45) is 6.17. The van der Waals surface area contributed by atoms with Gasteiger partial charge < -0.3 is 10.1 Å². The largest absolute Gasteiger partial charge is 0.376 e. The summed E-state index contributed by atoms with van der Waals surface area (Å²) in [5.74, 6) is 0.0432. The molecule has 1 unspecified atom stereocenters. The molecule has 1 aliphatic heterocycles. The zero-order chi connectivity index (χ0) is 11.2. The fourth-order valence-corrected chi connectivity index (χ4v) is 1.78. The van der Waals surface area contributed by atoms with Gasteiger partial charge in [-0.2, -0.15) is 0 Å². The Balaban J connectivity index is 1.72. The first kappa shape index (κ1) is 11.1. The molecule has 1 aliphatic rings. The van der Waals surface area contributed by atoms with E-state index >= 15 is 0 Å². The van der Waals surface area contributed by atoms with Gasteiger partial charge in [-0.3, -0.25) is 9.78 Å². The Bertz CT molecular complexity index is 334. The highest BCUT2D eigenvalue weighted by molar-refractivity contribution is 5.78. The van der Waals surface area contributed by atoms with Gasteiger partial charge in [-0.25, -0.2) is 0 Å². The van der Waals surface area contributed by atoms with Crippen LogP contribution >= 0.6 is 0 Å². The minimum atomic E-state index is 0.0432. The van der Waals surface area contributed by atoms with Gasteiger partial charge in [0.15, 0.2) is 0 Å². The molecule has 16 heavy (non-hydrogen) atoms. The molecule has 0 saturated carbocycles. The third-order valence-corrected chi connectivity index (χ3v) is 2.66. The Morgan fingerprint density at radius 2 is 2.31 bits per heavy atom. The summed E-state index contributed by atoms with van der Waals surface area (Å²) in [7, 11) is 0. The zero-order valence-electron chi connectivity index (χ0n) is 9.19. The summed E-state index contributed by atoms with van der Waals surface area (Å²) in [6.45, 7) is 1.45. The first-order chi connectivity index (χ1) is 7.84. The van der Waals surface area contributed by atoms with Gasteiger partial charge in [-0.05, 0) is 30.5 Å². The van der Waals surface area contributed by atoms with E-state index in [1.165, 1.54) is 0 Å². The van der Waals surface area contributed by atoms with Crippen molar-refractivity contribution in [2.45, 2.75) is 25.4 Å². The summed E-state index contributed by atoms with van der Waals surface area (Å²) < 4.78 is 5.43. The Kier molecular flexibility index (Phi) is 3.88. The Morgan fingerprint density at radius 3 is 3.00 bits per heavy atom. The number of pyridine rings is 1. The molecule has 1 amide bonds. The Hall–Kier alpha value is -1.42. The van der Waals surface area contributed by atoms with Crippen molar-refractivity contribution in [1.29, 1.82) is 0 Å². The quantitative estimate of drug-likeness (QED) is 0.821. The standard InChI is InChI=1S/C12H16N2O2/c15-12(8-10-3-5-13-6-4-10)14-9-11-2-1-7-16-11/h3-6,11H,1-2,7-9H2,(H,14,15). The maximum Gasteiger partial charge on any atom is 0.224 e. The average Bonchev–Trinajstić information content (AvgIpc) is 2.81. The first-order valence-corrected chi connectivity index (χ1v) is 5.62. The van der Waals surface area contributed by atoms with Gasteiger partial charge >= 0.3 is 0 Å². The molecule has 1 aromatic rings. The van der Waals surface area contributed by atoms with Crippen LogP contribution in [0.25, 0.3) is 0 Å². The summed E-state index contributed by atoms with van der Waals surface area (Å²) in [5.41, 5.74) is 0.986. The van der Waals surface area contributed by atoms with Crippen LogP contribution in [-0.2, 0) is 16.0 Å². The van der Waals surface area contributed by atoms with Crippen LogP contribution in [0.5, 0.6) is 0 Å². The maximum atomic E-state index is 11.6. The molecule has 1 aromatic heterocycles. The summed E-state index contributed by atoms with van der Waals surface area (Å²) in [4.78, 5) is 15.5. The first-order valence-electron chi connectivity index (χ1n) is 5.62. The lowest BCUT2D eigenvalue weighted by atomic mass is 10.2. The molecular weight excluding hydrogens is 204 g/mol. The van der Waals surface area contributed by atoms with Gasteiger partial charge in [-0.1, -0.05) is 0 Å². The predicted octanol–water partition coefficient (Wildman–Crippen LogP) is 0.919. The van der Waals surface area contributed by atoms with Crippen molar-refractivity contribution in [3.8, 4) is 0 Å². The van der Waals surface area contributed by atoms with E-state index in [1.807, 2.05) is 12.1 Å². The lowest BCUT2D eigenvalue weighted by Crippen LogP contribution is -2.32. The predicted molar refractivity (Wildman–Crippen MR) is 59.9 cm³/mol. The van der Waals surface area contributed by atoms with Crippen LogP contribution in [-0.4, -0.2) is 30.1 Å². The van der Waals surface area contributed by atoms with E-state index < -0.39 is 0 Å². The molecule has 0 bridgehead atoms. The van der Waals surface area contributed by atoms with Gasteiger partial charge in [0, 0.05) is 25.5 Å². The molecule has 86 valence electrons. The van der Waals surface area contributed by atoms with Crippen molar-refractivity contribution in [2.24, 2.45) is 0 Å². The second-order valence-electron chi connectivity index (χ2n) is 3.97. The highest BCUT2D eigenvalue weighted by Gasteiger charge is 2.15. The minimum absolute atomic E-state index is 0.0432. The lowest BCUT2D eigenvalue weighted by molar-refractivity contribution is -0.120. The highest BCUT2D eigenvalue weighted by atomic mass is 16.5. The van der Waals surface area contributed by atoms with Crippen LogP contribution in [0, 0.1) is 0 Å². The van der Waals surface area contributed by atoms with Crippen molar-refractivity contribution in [3.63, 3.8) is 0 Å². The molecule has 1 N–H and O–H groups in total. The van der Waals surface area contributed by atoms with Gasteiger partial charge in [0.2, 0.25) is 5.91 Å². The van der Waals surface area contributed by atoms with Crippen LogP contribution < -0.4 is 5.32 Å². The van der Waals surface area contributed by atoms with E-state index in [1.54, 1.807) is 12.4 Å². The summed E-state index contributed by atoms with van der Waals surface area (Å²) in [5, 5.41) is 2.89. The maximum absolute atomic E-state index is 11.6. The number of ether oxygens (including phenoxy) is 1. The number of nitrogens with zero attached hydrogens (tertiary/aromatic N) is 1. The Morgan fingerprint density at radius 1 is 1.50 bits per heavy atom. The van der Waals surface area contributed by atoms with Gasteiger partial charge in [0.25, 0.3) is 0 Å². The van der Waals surface area contributed by atoms with Crippen LogP contribution in [0.3, 0.4) is 0 Å². The number of amides is 1. The molecule has 0 radical (unpaired) electrons. The number of nitrogens with one attached hydrogen (secondary N) is 1. The van der Waals surface area contributed by atoms with E-state index in [4.69, 9.17) is 4.74 Å². The fraction of sp³-hybridized carbons (Fsp3) is 0.500. The topological polar surface area (TPSA) is 51.2 Å². The Labute approximate surface area is 95.0 Å². The van der Waals surface area contributed by atoms with Gasteiger partial charge in [-0.15, -0.1) is 0 Å². The van der Waals surface area contributed by atoms with Gasteiger partial charge in [0.05, 0.1) is 12.5 Å². The van der Waals surface area contributed by atoms with Gasteiger partial charge in [0.1, 0.15) is 0 Å². The number of carbonyl (C=O) groups excluding carboxylic acids is 1. The highest BCUT2D eigenvalue weighted by Crippen LogP contribution is 2.10. The average molecular weight is 220 g/mol. The second-order valence-corrected chi connectivity index (χ2v) is 3.97.